The molecule has 8 heteroatoms. The number of aromatic nitrogens is 3. The van der Waals surface area contributed by atoms with Crippen molar-refractivity contribution < 1.29 is 19.5 Å². The van der Waals surface area contributed by atoms with E-state index in [1.54, 1.807) is 4.52 Å². The zero-order valence-electron chi connectivity index (χ0n) is 15.2. The maximum Gasteiger partial charge on any atom is 0.235 e. The summed E-state index contributed by atoms with van der Waals surface area (Å²) in [5.41, 5.74) is 1.19. The molecule has 3 aromatic rings. The van der Waals surface area contributed by atoms with Crippen LogP contribution in [0.5, 0.6) is 5.88 Å². The summed E-state index contributed by atoms with van der Waals surface area (Å²) < 4.78 is 13.3. The summed E-state index contributed by atoms with van der Waals surface area (Å²) in [4.78, 5) is 7.48. The summed E-state index contributed by atoms with van der Waals surface area (Å²) in [7, 11) is 0. The Kier molecular flexibility index (Phi) is 4.16. The molecule has 2 aliphatic heterocycles. The Labute approximate surface area is 161 Å². The number of piperidine rings is 1. The quantitative estimate of drug-likeness (QED) is 0.709. The van der Waals surface area contributed by atoms with E-state index < -0.39 is 5.79 Å². The van der Waals surface area contributed by atoms with Gasteiger partial charge in [-0.3, -0.25) is 0 Å². The van der Waals surface area contributed by atoms with E-state index in [9.17, 15) is 5.11 Å². The van der Waals surface area contributed by atoms with E-state index in [1.165, 1.54) is 21.8 Å². The number of nitrogens with zero attached hydrogens (tertiary/aromatic N) is 3. The van der Waals surface area contributed by atoms with E-state index >= 15 is 0 Å². The summed E-state index contributed by atoms with van der Waals surface area (Å²) >= 11 is 1.52. The van der Waals surface area contributed by atoms with Crippen LogP contribution in [0, 0.1) is 6.92 Å². The first kappa shape index (κ1) is 17.1. The summed E-state index contributed by atoms with van der Waals surface area (Å²) in [6.45, 7) is 5.05. The van der Waals surface area contributed by atoms with Crippen molar-refractivity contribution in [2.75, 3.05) is 26.3 Å². The number of nitrogens with one attached hydrogen (secondary N) is 1. The van der Waals surface area contributed by atoms with Crippen LogP contribution in [0.15, 0.2) is 30.3 Å². The highest BCUT2D eigenvalue weighted by Gasteiger charge is 2.44. The molecule has 1 atom stereocenters. The highest BCUT2D eigenvalue weighted by Crippen LogP contribution is 2.36. The number of likely N-dealkylation sites (tertiary alicyclic amines) is 1. The second-order valence-corrected chi connectivity index (χ2v) is 8.26. The van der Waals surface area contributed by atoms with Crippen molar-refractivity contribution >= 4 is 16.3 Å². The van der Waals surface area contributed by atoms with Crippen LogP contribution in [0.1, 0.15) is 35.1 Å². The molecule has 4 heterocycles. The largest absolute Gasteiger partial charge is 0.492 e. The van der Waals surface area contributed by atoms with Gasteiger partial charge in [0.2, 0.25) is 10.8 Å². The predicted octanol–water partition coefficient (Wildman–Crippen LogP) is 1.32. The minimum atomic E-state index is -0.393. The monoisotopic (exact) mass is 387 g/mol. The first-order valence-corrected chi connectivity index (χ1v) is 10.2. The van der Waals surface area contributed by atoms with Crippen LogP contribution in [-0.4, -0.2) is 51.8 Å². The lowest BCUT2D eigenvalue weighted by atomic mass is 9.97. The fraction of sp³-hybridized carbons (Fsp3) is 0.474. The van der Waals surface area contributed by atoms with Gasteiger partial charge in [0.25, 0.3) is 0 Å². The number of quaternary nitrogens is 1. The average Bonchev–Trinajstić information content (AvgIpc) is 3.36. The van der Waals surface area contributed by atoms with Crippen molar-refractivity contribution in [1.29, 1.82) is 0 Å². The first-order chi connectivity index (χ1) is 13.2. The van der Waals surface area contributed by atoms with E-state index in [0.717, 1.165) is 35.8 Å². The first-order valence-electron chi connectivity index (χ1n) is 9.38. The molecule has 0 unspecified atom stereocenters. The molecule has 27 heavy (non-hydrogen) atoms. The topological polar surface area (TPSA) is 73.3 Å². The molecule has 2 saturated heterocycles. The third kappa shape index (κ3) is 2.93. The normalized spacial score (nSPS) is 21.2. The Hall–Kier alpha value is -2.00. The summed E-state index contributed by atoms with van der Waals surface area (Å²) in [6.07, 6.45) is 1.73. The predicted molar refractivity (Wildman–Crippen MR) is 100 cm³/mol. The van der Waals surface area contributed by atoms with Gasteiger partial charge in [0, 0.05) is 5.56 Å². The highest BCUT2D eigenvalue weighted by molar-refractivity contribution is 7.17. The molecule has 0 radical (unpaired) electrons. The van der Waals surface area contributed by atoms with Gasteiger partial charge < -0.3 is 19.5 Å². The fourth-order valence-corrected chi connectivity index (χ4v) is 5.47. The SMILES string of the molecule is Cc1nc2sc([C@@H](c3ccccc3)[NH+]3CCC4(CC3)OCCO4)c(O)n2n1. The summed E-state index contributed by atoms with van der Waals surface area (Å²) in [6, 6.07) is 10.4. The Morgan fingerprint density at radius 3 is 2.56 bits per heavy atom. The second kappa shape index (κ2) is 6.56. The van der Waals surface area contributed by atoms with Crippen LogP contribution in [0.4, 0.5) is 0 Å². The molecule has 0 amide bonds. The second-order valence-electron chi connectivity index (χ2n) is 7.25. The van der Waals surface area contributed by atoms with Crippen LogP contribution in [0.2, 0.25) is 0 Å². The maximum absolute atomic E-state index is 10.9. The molecule has 0 bridgehead atoms. The number of benzene rings is 1. The summed E-state index contributed by atoms with van der Waals surface area (Å²) in [5.74, 6) is 0.475. The lowest BCUT2D eigenvalue weighted by Crippen LogP contribution is -3.14. The zero-order chi connectivity index (χ0) is 18.4. The van der Waals surface area contributed by atoms with Crippen molar-refractivity contribution in [2.45, 2.75) is 31.6 Å². The third-order valence-electron chi connectivity index (χ3n) is 5.58. The molecular formula is C19H23N4O3S+. The van der Waals surface area contributed by atoms with Gasteiger partial charge in [0.1, 0.15) is 10.7 Å². The molecule has 1 spiro atoms. The standard InChI is InChI=1S/C19H22N4O3S/c1-13-20-18-23(21-13)17(24)16(27-18)15(14-5-3-2-4-6-14)22-9-7-19(8-10-22)25-11-12-26-19/h2-6,15,24H,7-12H2,1H3/p+1/t15-/m1/s1. The van der Waals surface area contributed by atoms with Gasteiger partial charge >= 0.3 is 0 Å². The van der Waals surface area contributed by atoms with E-state index in [0.29, 0.717) is 19.0 Å². The van der Waals surface area contributed by atoms with Gasteiger partial charge in [0.15, 0.2) is 11.8 Å². The van der Waals surface area contributed by atoms with Crippen molar-refractivity contribution in [3.63, 3.8) is 0 Å². The Balaban J connectivity index is 1.51. The van der Waals surface area contributed by atoms with Gasteiger partial charge in [0.05, 0.1) is 39.1 Å². The molecule has 0 aliphatic carbocycles. The van der Waals surface area contributed by atoms with Gasteiger partial charge in [-0.25, -0.2) is 4.98 Å². The number of ether oxygens (including phenoxy) is 2. The lowest BCUT2D eigenvalue weighted by molar-refractivity contribution is -0.933. The number of hydrogen-bond donors (Lipinski definition) is 2. The van der Waals surface area contributed by atoms with Crippen LogP contribution in [-0.2, 0) is 9.47 Å². The molecule has 2 N–H and O–H groups in total. The molecule has 2 aromatic heterocycles. The van der Waals surface area contributed by atoms with E-state index in [1.807, 2.05) is 13.0 Å². The molecule has 0 saturated carbocycles. The number of hydrogen-bond acceptors (Lipinski definition) is 6. The van der Waals surface area contributed by atoms with Gasteiger partial charge in [-0.15, -0.1) is 5.10 Å². The lowest BCUT2D eigenvalue weighted by Gasteiger charge is -2.38. The molecule has 142 valence electrons. The molecule has 1 aromatic carbocycles. The van der Waals surface area contributed by atoms with E-state index in [2.05, 4.69) is 34.3 Å². The highest BCUT2D eigenvalue weighted by atomic mass is 32.1. The van der Waals surface area contributed by atoms with Crippen LogP contribution in [0.25, 0.3) is 4.96 Å². The molecule has 7 nitrogen and oxygen atoms in total. The van der Waals surface area contributed by atoms with E-state index in [4.69, 9.17) is 9.47 Å². The molecule has 5 rings (SSSR count). The number of aryl methyl sites for hydroxylation is 1. The zero-order valence-corrected chi connectivity index (χ0v) is 16.0. The fourth-order valence-electron chi connectivity index (χ4n) is 4.28. The Morgan fingerprint density at radius 2 is 1.89 bits per heavy atom. The third-order valence-corrected chi connectivity index (χ3v) is 6.66. The van der Waals surface area contributed by atoms with Crippen molar-refractivity contribution in [2.24, 2.45) is 0 Å². The van der Waals surface area contributed by atoms with Crippen LogP contribution in [0.3, 0.4) is 0 Å². The van der Waals surface area contributed by atoms with Crippen LogP contribution >= 0.6 is 11.3 Å². The van der Waals surface area contributed by atoms with Gasteiger partial charge in [-0.05, 0) is 6.92 Å². The minimum absolute atomic E-state index is 0.0405. The average molecular weight is 387 g/mol. The number of thiazole rings is 1. The van der Waals surface area contributed by atoms with Gasteiger partial charge in [-0.2, -0.15) is 4.52 Å². The molecule has 2 aliphatic rings. The Bertz CT molecular complexity index is 939. The number of rotatable bonds is 3. The molecule has 2 fully saturated rings. The van der Waals surface area contributed by atoms with Crippen molar-refractivity contribution in [3.05, 3.63) is 46.6 Å². The maximum atomic E-state index is 10.9. The van der Waals surface area contributed by atoms with Crippen molar-refractivity contribution in [3.8, 4) is 5.88 Å². The van der Waals surface area contributed by atoms with Gasteiger partial charge in [-0.1, -0.05) is 41.7 Å². The summed E-state index contributed by atoms with van der Waals surface area (Å²) in [5, 5.41) is 15.2. The van der Waals surface area contributed by atoms with Crippen LogP contribution < -0.4 is 4.90 Å². The number of fused-ring (bicyclic) bond motifs is 1. The Morgan fingerprint density at radius 1 is 1.19 bits per heavy atom. The smallest absolute Gasteiger partial charge is 0.235 e. The number of aromatic hydroxyl groups is 1. The minimum Gasteiger partial charge on any atom is -0.492 e. The molecular weight excluding hydrogens is 364 g/mol. The van der Waals surface area contributed by atoms with Crippen molar-refractivity contribution in [1.82, 2.24) is 14.6 Å². The van der Waals surface area contributed by atoms with E-state index in [-0.39, 0.29) is 11.9 Å².